The Morgan fingerprint density at radius 1 is 1.17 bits per heavy atom. The number of rotatable bonds is 6. The summed E-state index contributed by atoms with van der Waals surface area (Å²) in [6.07, 6.45) is 10.7. The molecule has 3 heterocycles. The highest BCUT2D eigenvalue weighted by Crippen LogP contribution is 2.56. The summed E-state index contributed by atoms with van der Waals surface area (Å²) >= 11 is 0. The number of methoxy groups -OCH3 is 1. The zero-order valence-electron chi connectivity index (χ0n) is 20.8. The fraction of sp³-hybridized carbons (Fsp3) is 0.586. The lowest BCUT2D eigenvalue weighted by molar-refractivity contribution is -0.149. The van der Waals surface area contributed by atoms with E-state index >= 15 is 0 Å². The molecule has 2 aromatic rings. The molecule has 0 unspecified atom stereocenters. The lowest BCUT2D eigenvalue weighted by Crippen LogP contribution is -2.71. The molecule has 3 fully saturated rings. The predicted octanol–water partition coefficient (Wildman–Crippen LogP) is 3.35. The summed E-state index contributed by atoms with van der Waals surface area (Å²) in [6, 6.07) is 10.5. The highest BCUT2D eigenvalue weighted by Gasteiger charge is 2.63. The Kier molecular flexibility index (Phi) is 5.84. The maximum Gasteiger partial charge on any atom is 0.222 e. The monoisotopic (exact) mass is 475 g/mol. The standard InChI is InChI=1S/C29H37N3O3/c1-35-24-8-7-23-17-26-29(34)12-16-31(27(33)9-6-21-3-2-13-30-19-21)14-10-28(29,25(23)18-24)11-15-32(26)20-22-4-5-22/h2-3,7-8,13,18-19,22,26,34H,4-6,9-12,14-17,20H2,1H3/t26-,28+,29-/m1/s1. The van der Waals surface area contributed by atoms with Gasteiger partial charge in [0.25, 0.3) is 0 Å². The van der Waals surface area contributed by atoms with Gasteiger partial charge in [0, 0.05) is 49.9 Å². The maximum atomic E-state index is 13.3. The molecule has 6 heteroatoms. The Labute approximate surface area is 208 Å². The molecule has 186 valence electrons. The van der Waals surface area contributed by atoms with Crippen LogP contribution in [0.3, 0.4) is 0 Å². The van der Waals surface area contributed by atoms with E-state index in [-0.39, 0.29) is 17.4 Å². The van der Waals surface area contributed by atoms with Gasteiger partial charge in [-0.2, -0.15) is 0 Å². The van der Waals surface area contributed by atoms with Gasteiger partial charge in [-0.25, -0.2) is 0 Å². The molecular weight excluding hydrogens is 438 g/mol. The van der Waals surface area contributed by atoms with Crippen LogP contribution in [-0.4, -0.2) is 70.7 Å². The molecule has 35 heavy (non-hydrogen) atoms. The molecule has 2 aliphatic heterocycles. The van der Waals surface area contributed by atoms with E-state index in [4.69, 9.17) is 4.74 Å². The number of aryl methyl sites for hydroxylation is 1. The van der Waals surface area contributed by atoms with Crippen LogP contribution in [0.4, 0.5) is 0 Å². The summed E-state index contributed by atoms with van der Waals surface area (Å²) in [5.41, 5.74) is 2.52. The van der Waals surface area contributed by atoms with Crippen molar-refractivity contribution >= 4 is 5.91 Å². The Bertz CT molecular complexity index is 1090. The quantitative estimate of drug-likeness (QED) is 0.694. The third-order valence-electron chi connectivity index (χ3n) is 9.36. The van der Waals surface area contributed by atoms with Gasteiger partial charge in [0.2, 0.25) is 5.91 Å². The maximum absolute atomic E-state index is 13.3. The van der Waals surface area contributed by atoms with E-state index in [1.165, 1.54) is 24.0 Å². The summed E-state index contributed by atoms with van der Waals surface area (Å²) in [6.45, 7) is 3.44. The third kappa shape index (κ3) is 3.95. The molecule has 4 aliphatic rings. The van der Waals surface area contributed by atoms with Crippen molar-refractivity contribution in [2.24, 2.45) is 5.92 Å². The second-order valence-corrected chi connectivity index (χ2v) is 11.2. The molecule has 6 rings (SSSR count). The molecule has 1 aromatic heterocycles. The van der Waals surface area contributed by atoms with Crippen LogP contribution in [0.5, 0.6) is 5.75 Å². The zero-order chi connectivity index (χ0) is 24.0. The molecule has 2 saturated heterocycles. The lowest BCUT2D eigenvalue weighted by Gasteiger charge is -2.61. The molecular formula is C29H37N3O3. The fourth-order valence-electron chi connectivity index (χ4n) is 7.19. The van der Waals surface area contributed by atoms with Crippen molar-refractivity contribution in [1.29, 1.82) is 0 Å². The minimum absolute atomic E-state index is 0.114. The van der Waals surface area contributed by atoms with E-state index < -0.39 is 5.60 Å². The first-order valence-electron chi connectivity index (χ1n) is 13.3. The van der Waals surface area contributed by atoms with Crippen LogP contribution in [0, 0.1) is 5.92 Å². The SMILES string of the molecule is COc1ccc2c(c1)[C@@]13CCN(C(=O)CCc4cccnc4)CC[C@@]1(O)[C@@H](C2)N(CC1CC1)CC3. The molecule has 1 saturated carbocycles. The summed E-state index contributed by atoms with van der Waals surface area (Å²) in [5.74, 6) is 1.83. The van der Waals surface area contributed by atoms with Crippen molar-refractivity contribution in [3.05, 3.63) is 59.4 Å². The van der Waals surface area contributed by atoms with Gasteiger partial charge in [0.1, 0.15) is 5.75 Å². The first-order chi connectivity index (χ1) is 17.0. The van der Waals surface area contributed by atoms with Crippen molar-refractivity contribution in [2.75, 3.05) is 33.3 Å². The number of aliphatic hydroxyl groups is 1. The van der Waals surface area contributed by atoms with E-state index in [1.807, 2.05) is 23.2 Å². The lowest BCUT2D eigenvalue weighted by atomic mass is 9.52. The van der Waals surface area contributed by atoms with Crippen molar-refractivity contribution in [3.63, 3.8) is 0 Å². The third-order valence-corrected chi connectivity index (χ3v) is 9.36. The molecule has 3 atom stereocenters. The molecule has 6 nitrogen and oxygen atoms in total. The average Bonchev–Trinajstić information content (AvgIpc) is 3.71. The second kappa shape index (κ2) is 8.90. The predicted molar refractivity (Wildman–Crippen MR) is 134 cm³/mol. The molecule has 0 radical (unpaired) electrons. The Morgan fingerprint density at radius 3 is 2.77 bits per heavy atom. The number of pyridine rings is 1. The minimum atomic E-state index is -0.835. The molecule has 1 N–H and O–H groups in total. The number of likely N-dealkylation sites (tertiary alicyclic amines) is 2. The number of fused-ring (bicyclic) bond motifs is 1. The highest BCUT2D eigenvalue weighted by molar-refractivity contribution is 5.76. The Morgan fingerprint density at radius 2 is 2.00 bits per heavy atom. The van der Waals surface area contributed by atoms with Gasteiger partial charge in [-0.15, -0.1) is 0 Å². The number of carbonyl (C=O) groups excluding carboxylic acids is 1. The second-order valence-electron chi connectivity index (χ2n) is 11.2. The molecule has 2 bridgehead atoms. The van der Waals surface area contributed by atoms with Gasteiger partial charge in [-0.05, 0) is 92.3 Å². The number of piperidine rings is 1. The van der Waals surface area contributed by atoms with Crippen molar-refractivity contribution in [2.45, 2.75) is 68.4 Å². The summed E-state index contributed by atoms with van der Waals surface area (Å²) in [4.78, 5) is 22.1. The number of aromatic nitrogens is 1. The van der Waals surface area contributed by atoms with Gasteiger partial charge in [0.05, 0.1) is 12.7 Å². The van der Waals surface area contributed by atoms with Gasteiger partial charge < -0.3 is 14.7 Å². The fourth-order valence-corrected chi connectivity index (χ4v) is 7.19. The molecule has 0 spiro atoms. The number of amides is 1. The van der Waals surface area contributed by atoms with Gasteiger partial charge in [-0.3, -0.25) is 14.7 Å². The summed E-state index contributed by atoms with van der Waals surface area (Å²) in [5, 5.41) is 12.6. The zero-order valence-corrected chi connectivity index (χ0v) is 20.8. The molecule has 1 amide bonds. The minimum Gasteiger partial charge on any atom is -0.497 e. The van der Waals surface area contributed by atoms with Gasteiger partial charge in [0.15, 0.2) is 0 Å². The van der Waals surface area contributed by atoms with Gasteiger partial charge >= 0.3 is 0 Å². The van der Waals surface area contributed by atoms with E-state index in [1.54, 1.807) is 13.3 Å². The first kappa shape index (κ1) is 23.0. The smallest absolute Gasteiger partial charge is 0.222 e. The van der Waals surface area contributed by atoms with Crippen molar-refractivity contribution < 1.29 is 14.6 Å². The van der Waals surface area contributed by atoms with Crippen LogP contribution in [-0.2, 0) is 23.1 Å². The topological polar surface area (TPSA) is 65.9 Å². The first-order valence-corrected chi connectivity index (χ1v) is 13.3. The van der Waals surface area contributed by atoms with Gasteiger partial charge in [-0.1, -0.05) is 12.1 Å². The van der Waals surface area contributed by atoms with Crippen molar-refractivity contribution in [1.82, 2.24) is 14.8 Å². The van der Waals surface area contributed by atoms with E-state index in [0.717, 1.165) is 49.6 Å². The van der Waals surface area contributed by atoms with Crippen LogP contribution in [0.15, 0.2) is 42.7 Å². The van der Waals surface area contributed by atoms with Crippen LogP contribution >= 0.6 is 0 Å². The van der Waals surface area contributed by atoms with E-state index in [0.29, 0.717) is 32.4 Å². The largest absolute Gasteiger partial charge is 0.497 e. The van der Waals surface area contributed by atoms with Crippen LogP contribution in [0.25, 0.3) is 0 Å². The molecule has 2 aliphatic carbocycles. The van der Waals surface area contributed by atoms with Crippen LogP contribution < -0.4 is 4.74 Å². The average molecular weight is 476 g/mol. The van der Waals surface area contributed by atoms with Crippen LogP contribution in [0.1, 0.15) is 55.2 Å². The summed E-state index contributed by atoms with van der Waals surface area (Å²) < 4.78 is 5.61. The Balaban J connectivity index is 1.30. The Hall–Kier alpha value is -2.44. The van der Waals surface area contributed by atoms with Crippen molar-refractivity contribution in [3.8, 4) is 5.75 Å². The van der Waals surface area contributed by atoms with E-state index in [2.05, 4.69) is 28.1 Å². The number of ether oxygens (including phenoxy) is 1. The summed E-state index contributed by atoms with van der Waals surface area (Å²) in [7, 11) is 1.71. The number of carbonyl (C=O) groups is 1. The van der Waals surface area contributed by atoms with E-state index in [9.17, 15) is 9.90 Å². The number of hydrogen-bond acceptors (Lipinski definition) is 5. The highest BCUT2D eigenvalue weighted by atomic mass is 16.5. The van der Waals surface area contributed by atoms with Crippen LogP contribution in [0.2, 0.25) is 0 Å². The normalized spacial score (nSPS) is 30.2. The molecule has 1 aromatic carbocycles. The number of benzene rings is 1. The number of hydrogen-bond donors (Lipinski definition) is 1. The number of nitrogens with zero attached hydrogens (tertiary/aromatic N) is 3.